The fourth-order valence-electron chi connectivity index (χ4n) is 2.35. The van der Waals surface area contributed by atoms with Crippen LogP contribution in [0.2, 0.25) is 0 Å². The molecular formula is C17H17N3. The van der Waals surface area contributed by atoms with Crippen LogP contribution in [0.5, 0.6) is 0 Å². The molecule has 20 heavy (non-hydrogen) atoms. The Morgan fingerprint density at radius 1 is 1.20 bits per heavy atom. The Morgan fingerprint density at radius 2 is 2.05 bits per heavy atom. The summed E-state index contributed by atoms with van der Waals surface area (Å²) in [5.74, 6) is 0.489. The van der Waals surface area contributed by atoms with Gasteiger partial charge in [-0.1, -0.05) is 43.7 Å². The number of aromatic nitrogens is 2. The third-order valence-electron chi connectivity index (χ3n) is 3.35. The number of para-hydroxylation sites is 1. The van der Waals surface area contributed by atoms with E-state index in [0.717, 1.165) is 40.2 Å². The molecule has 2 heterocycles. The summed E-state index contributed by atoms with van der Waals surface area (Å²) in [5.41, 5.74) is 8.79. The van der Waals surface area contributed by atoms with Gasteiger partial charge in [-0.2, -0.15) is 0 Å². The third kappa shape index (κ3) is 2.23. The normalized spacial score (nSPS) is 11.7. The molecule has 0 fully saturated rings. The van der Waals surface area contributed by atoms with Crippen LogP contribution in [0.15, 0.2) is 42.6 Å². The highest BCUT2D eigenvalue weighted by molar-refractivity contribution is 6.08. The van der Waals surface area contributed by atoms with Crippen LogP contribution in [0.25, 0.3) is 27.9 Å². The predicted octanol–water partition coefficient (Wildman–Crippen LogP) is 4.18. The van der Waals surface area contributed by atoms with Gasteiger partial charge in [0.25, 0.3) is 0 Å². The van der Waals surface area contributed by atoms with Gasteiger partial charge in [0, 0.05) is 17.0 Å². The van der Waals surface area contributed by atoms with E-state index in [1.165, 1.54) is 0 Å². The Kier molecular flexibility index (Phi) is 3.33. The Labute approximate surface area is 118 Å². The SMILES string of the molecule is CCC/C=C/c1cnc2c(N)nc3ccccc3c2c1. The highest BCUT2D eigenvalue weighted by Gasteiger charge is 2.07. The van der Waals surface area contributed by atoms with Gasteiger partial charge in [0.05, 0.1) is 5.52 Å². The number of hydrogen-bond acceptors (Lipinski definition) is 3. The minimum Gasteiger partial charge on any atom is -0.382 e. The molecule has 3 heteroatoms. The highest BCUT2D eigenvalue weighted by Crippen LogP contribution is 2.27. The van der Waals surface area contributed by atoms with Crippen molar-refractivity contribution < 1.29 is 0 Å². The van der Waals surface area contributed by atoms with Crippen LogP contribution in [0.1, 0.15) is 25.3 Å². The summed E-state index contributed by atoms with van der Waals surface area (Å²) in [6.45, 7) is 2.17. The van der Waals surface area contributed by atoms with Gasteiger partial charge in [-0.3, -0.25) is 4.98 Å². The van der Waals surface area contributed by atoms with Gasteiger partial charge < -0.3 is 5.73 Å². The van der Waals surface area contributed by atoms with Crippen molar-refractivity contribution in [1.82, 2.24) is 9.97 Å². The number of rotatable bonds is 3. The van der Waals surface area contributed by atoms with E-state index in [1.807, 2.05) is 24.4 Å². The fourth-order valence-corrected chi connectivity index (χ4v) is 2.35. The molecule has 0 radical (unpaired) electrons. The zero-order chi connectivity index (χ0) is 13.9. The lowest BCUT2D eigenvalue weighted by Crippen LogP contribution is -1.95. The second kappa shape index (κ2) is 5.29. The van der Waals surface area contributed by atoms with Crippen molar-refractivity contribution >= 4 is 33.7 Å². The molecule has 0 amide bonds. The third-order valence-corrected chi connectivity index (χ3v) is 3.35. The van der Waals surface area contributed by atoms with Crippen molar-refractivity contribution in [2.45, 2.75) is 19.8 Å². The van der Waals surface area contributed by atoms with Crippen LogP contribution < -0.4 is 5.73 Å². The van der Waals surface area contributed by atoms with Gasteiger partial charge in [-0.25, -0.2) is 4.98 Å². The van der Waals surface area contributed by atoms with E-state index in [2.05, 4.69) is 41.2 Å². The lowest BCUT2D eigenvalue weighted by molar-refractivity contribution is 0.962. The molecule has 0 bridgehead atoms. The molecule has 3 aromatic rings. The molecule has 0 spiro atoms. The molecule has 2 N–H and O–H groups in total. The zero-order valence-electron chi connectivity index (χ0n) is 11.5. The fraction of sp³-hybridized carbons (Fsp3) is 0.176. The maximum Gasteiger partial charge on any atom is 0.150 e. The molecule has 3 nitrogen and oxygen atoms in total. The lowest BCUT2D eigenvalue weighted by atomic mass is 10.1. The van der Waals surface area contributed by atoms with Gasteiger partial charge >= 0.3 is 0 Å². The molecule has 0 saturated heterocycles. The molecule has 3 rings (SSSR count). The van der Waals surface area contributed by atoms with E-state index >= 15 is 0 Å². The first-order valence-corrected chi connectivity index (χ1v) is 6.90. The van der Waals surface area contributed by atoms with Crippen LogP contribution in [-0.4, -0.2) is 9.97 Å². The second-order valence-corrected chi connectivity index (χ2v) is 4.87. The van der Waals surface area contributed by atoms with E-state index in [1.54, 1.807) is 0 Å². The summed E-state index contributed by atoms with van der Waals surface area (Å²) >= 11 is 0. The number of unbranched alkanes of at least 4 members (excludes halogenated alkanes) is 1. The Morgan fingerprint density at radius 3 is 2.90 bits per heavy atom. The molecule has 0 saturated carbocycles. The largest absolute Gasteiger partial charge is 0.382 e. The molecule has 2 aromatic heterocycles. The summed E-state index contributed by atoms with van der Waals surface area (Å²) in [5, 5.41) is 2.15. The number of allylic oxidation sites excluding steroid dienone is 1. The van der Waals surface area contributed by atoms with Crippen molar-refractivity contribution in [2.24, 2.45) is 0 Å². The molecule has 100 valence electrons. The summed E-state index contributed by atoms with van der Waals surface area (Å²) in [6, 6.07) is 10.2. The Balaban J connectivity index is 2.23. The molecule has 0 aliphatic rings. The predicted molar refractivity (Wildman–Crippen MR) is 85.4 cm³/mol. The van der Waals surface area contributed by atoms with Crippen molar-refractivity contribution in [3.05, 3.63) is 48.2 Å². The minimum atomic E-state index is 0.489. The number of nitrogens with two attached hydrogens (primary N) is 1. The van der Waals surface area contributed by atoms with Crippen molar-refractivity contribution in [2.75, 3.05) is 5.73 Å². The molecule has 0 aliphatic carbocycles. The van der Waals surface area contributed by atoms with Crippen molar-refractivity contribution in [1.29, 1.82) is 0 Å². The van der Waals surface area contributed by atoms with Gasteiger partial charge in [0.1, 0.15) is 5.52 Å². The number of benzene rings is 1. The van der Waals surface area contributed by atoms with Gasteiger partial charge in [0.15, 0.2) is 5.82 Å². The Hall–Kier alpha value is -2.42. The average molecular weight is 263 g/mol. The summed E-state index contributed by atoms with van der Waals surface area (Å²) < 4.78 is 0. The van der Waals surface area contributed by atoms with Crippen LogP contribution in [0.3, 0.4) is 0 Å². The van der Waals surface area contributed by atoms with Crippen LogP contribution in [-0.2, 0) is 0 Å². The molecular weight excluding hydrogens is 246 g/mol. The number of anilines is 1. The standard InChI is InChI=1S/C17H17N3/c1-2-3-4-7-12-10-14-13-8-5-6-9-15(13)20-17(18)16(14)19-11-12/h4-11H,2-3H2,1H3,(H2,18,20)/b7-4+. The van der Waals surface area contributed by atoms with Crippen LogP contribution in [0.4, 0.5) is 5.82 Å². The summed E-state index contributed by atoms with van der Waals surface area (Å²) in [6.07, 6.45) is 8.37. The van der Waals surface area contributed by atoms with Crippen molar-refractivity contribution in [3.63, 3.8) is 0 Å². The number of fused-ring (bicyclic) bond motifs is 3. The first-order valence-electron chi connectivity index (χ1n) is 6.90. The molecule has 0 unspecified atom stereocenters. The van der Waals surface area contributed by atoms with Crippen molar-refractivity contribution in [3.8, 4) is 0 Å². The Bertz CT molecular complexity index is 791. The number of nitrogen functional groups attached to an aromatic ring is 1. The van der Waals surface area contributed by atoms with E-state index in [9.17, 15) is 0 Å². The molecule has 1 aromatic carbocycles. The topological polar surface area (TPSA) is 51.8 Å². The summed E-state index contributed by atoms with van der Waals surface area (Å²) in [4.78, 5) is 8.88. The van der Waals surface area contributed by atoms with E-state index < -0.39 is 0 Å². The van der Waals surface area contributed by atoms with Gasteiger partial charge in [0.2, 0.25) is 0 Å². The van der Waals surface area contributed by atoms with E-state index in [-0.39, 0.29) is 0 Å². The second-order valence-electron chi connectivity index (χ2n) is 4.87. The maximum absolute atomic E-state index is 6.00. The van der Waals surface area contributed by atoms with Gasteiger partial charge in [-0.15, -0.1) is 0 Å². The lowest BCUT2D eigenvalue weighted by Gasteiger charge is -2.06. The molecule has 0 aliphatic heterocycles. The average Bonchev–Trinajstić information content (AvgIpc) is 2.48. The number of nitrogens with zero attached hydrogens (tertiary/aromatic N) is 2. The van der Waals surface area contributed by atoms with Crippen LogP contribution in [0, 0.1) is 0 Å². The summed E-state index contributed by atoms with van der Waals surface area (Å²) in [7, 11) is 0. The zero-order valence-corrected chi connectivity index (χ0v) is 11.5. The van der Waals surface area contributed by atoms with E-state index in [4.69, 9.17) is 5.73 Å². The van der Waals surface area contributed by atoms with Gasteiger partial charge in [-0.05, 0) is 24.1 Å². The smallest absolute Gasteiger partial charge is 0.150 e. The first kappa shape index (κ1) is 12.6. The monoisotopic (exact) mass is 263 g/mol. The number of pyridine rings is 2. The highest BCUT2D eigenvalue weighted by atomic mass is 14.9. The first-order chi connectivity index (χ1) is 9.79. The maximum atomic E-state index is 6.00. The van der Waals surface area contributed by atoms with E-state index in [0.29, 0.717) is 5.82 Å². The molecule has 0 atom stereocenters. The minimum absolute atomic E-state index is 0.489. The quantitative estimate of drug-likeness (QED) is 0.721. The number of hydrogen-bond donors (Lipinski definition) is 1. The van der Waals surface area contributed by atoms with Crippen LogP contribution >= 0.6 is 0 Å².